The van der Waals surface area contributed by atoms with E-state index >= 15 is 0 Å². The molecular weight excluding hydrogens is 503 g/mol. The number of unbranched alkanes of at least 4 members (excludes halogenated alkanes) is 1. The predicted molar refractivity (Wildman–Crippen MR) is 114 cm³/mol. The molecule has 0 N–H and O–H groups in total. The van der Waals surface area contributed by atoms with E-state index in [1.807, 2.05) is 20.8 Å². The molecule has 10 nitrogen and oxygen atoms in total. The maximum absolute atomic E-state index is 14.0. The first-order valence-electron chi connectivity index (χ1n) is 10.2. The number of hydrogen-bond acceptors (Lipinski definition) is 9. The maximum Gasteiger partial charge on any atom is 0.549 e. The van der Waals surface area contributed by atoms with Gasteiger partial charge in [0.1, 0.15) is 5.75 Å². The van der Waals surface area contributed by atoms with Crippen LogP contribution in [0.2, 0.25) is 5.02 Å². The monoisotopic (exact) mass is 525 g/mol. The molecule has 194 valence electrons. The topological polar surface area (TPSA) is 123 Å². The van der Waals surface area contributed by atoms with Gasteiger partial charge in [0.15, 0.2) is 0 Å². The first-order chi connectivity index (χ1) is 16.1. The molecule has 1 heterocycles. The van der Waals surface area contributed by atoms with E-state index in [1.54, 1.807) is 0 Å². The number of carbonyl (C=O) groups excluding carboxylic acids is 2. The average Bonchev–Trinajstić information content (AvgIpc) is 2.72. The summed E-state index contributed by atoms with van der Waals surface area (Å²) in [5, 5.41) is 9.28. The number of nitrogens with zero attached hydrogens (tertiary/aromatic N) is 1. The summed E-state index contributed by atoms with van der Waals surface area (Å²) in [6.45, 7) is 5.60. The zero-order chi connectivity index (χ0) is 26.6. The highest BCUT2D eigenvalue weighted by Gasteiger charge is 2.60. The number of ether oxygens (including phenoxy) is 2. The van der Waals surface area contributed by atoms with E-state index in [-0.39, 0.29) is 42.4 Å². The van der Waals surface area contributed by atoms with E-state index < -0.39 is 40.0 Å². The SMILES string of the molecule is CC(C)(C)c1cc2c(cc1Cl)C=C(C(=O)OOC(=O)OCCCCO[N+](=O)[O-])C(C)(C(F)(F)F)O2. The molecule has 1 aliphatic heterocycles. The molecule has 0 fully saturated rings. The Hall–Kier alpha value is -3.22. The molecular formula is C21H23ClF3NO9. The van der Waals surface area contributed by atoms with Crippen molar-refractivity contribution >= 4 is 29.8 Å². The van der Waals surface area contributed by atoms with E-state index in [1.165, 1.54) is 12.1 Å². The molecule has 0 aromatic heterocycles. The maximum atomic E-state index is 14.0. The number of hydrogen-bond donors (Lipinski definition) is 0. The van der Waals surface area contributed by atoms with E-state index in [2.05, 4.69) is 19.3 Å². The second-order valence-electron chi connectivity index (χ2n) is 8.63. The molecule has 1 unspecified atom stereocenters. The van der Waals surface area contributed by atoms with Crippen molar-refractivity contribution in [2.24, 2.45) is 0 Å². The van der Waals surface area contributed by atoms with Gasteiger partial charge in [-0.3, -0.25) is 0 Å². The highest BCUT2D eigenvalue weighted by atomic mass is 35.5. The Kier molecular flexibility index (Phi) is 8.47. The molecule has 0 bridgehead atoms. The van der Waals surface area contributed by atoms with Gasteiger partial charge in [0.05, 0.1) is 18.8 Å². The van der Waals surface area contributed by atoms with Gasteiger partial charge in [0.2, 0.25) is 5.60 Å². The number of rotatable bonds is 7. The lowest BCUT2D eigenvalue weighted by molar-refractivity contribution is -0.757. The van der Waals surface area contributed by atoms with Crippen LogP contribution in [0.1, 0.15) is 51.7 Å². The fourth-order valence-corrected chi connectivity index (χ4v) is 3.47. The van der Waals surface area contributed by atoms with Crippen LogP contribution in [0, 0.1) is 10.1 Å². The summed E-state index contributed by atoms with van der Waals surface area (Å²) in [5.41, 5.74) is -3.97. The Balaban J connectivity index is 2.15. The van der Waals surface area contributed by atoms with Gasteiger partial charge in [-0.2, -0.15) is 18.0 Å². The Morgan fingerprint density at radius 1 is 1.14 bits per heavy atom. The lowest BCUT2D eigenvalue weighted by Gasteiger charge is -2.37. The van der Waals surface area contributed by atoms with Crippen molar-refractivity contribution in [2.75, 3.05) is 13.2 Å². The summed E-state index contributed by atoms with van der Waals surface area (Å²) >= 11 is 6.28. The highest BCUT2D eigenvalue weighted by molar-refractivity contribution is 6.31. The molecule has 2 rings (SSSR count). The van der Waals surface area contributed by atoms with Crippen LogP contribution in [0.25, 0.3) is 6.08 Å². The molecule has 0 amide bonds. The molecule has 1 aromatic rings. The van der Waals surface area contributed by atoms with Gasteiger partial charge in [-0.15, -0.1) is 10.1 Å². The Bertz CT molecular complexity index is 1020. The fourth-order valence-electron chi connectivity index (χ4n) is 3.02. The zero-order valence-electron chi connectivity index (χ0n) is 19.2. The fraction of sp³-hybridized carbons (Fsp3) is 0.524. The van der Waals surface area contributed by atoms with Crippen molar-refractivity contribution in [3.05, 3.63) is 44.0 Å². The first kappa shape index (κ1) is 28.0. The third kappa shape index (κ3) is 6.90. The minimum Gasteiger partial charge on any atom is -0.472 e. The third-order valence-electron chi connectivity index (χ3n) is 4.94. The lowest BCUT2D eigenvalue weighted by atomic mass is 9.84. The number of fused-ring (bicyclic) bond motifs is 1. The summed E-state index contributed by atoms with van der Waals surface area (Å²) in [6, 6.07) is 2.74. The van der Waals surface area contributed by atoms with Crippen LogP contribution in [0.15, 0.2) is 17.7 Å². The molecule has 0 aliphatic carbocycles. The normalized spacial score (nSPS) is 17.4. The molecule has 1 aliphatic rings. The van der Waals surface area contributed by atoms with Crippen molar-refractivity contribution in [1.29, 1.82) is 0 Å². The molecule has 14 heteroatoms. The largest absolute Gasteiger partial charge is 0.549 e. The predicted octanol–water partition coefficient (Wildman–Crippen LogP) is 5.33. The van der Waals surface area contributed by atoms with Gasteiger partial charge >= 0.3 is 18.3 Å². The summed E-state index contributed by atoms with van der Waals surface area (Å²) in [4.78, 5) is 46.5. The summed E-state index contributed by atoms with van der Waals surface area (Å²) in [6.07, 6.45) is -5.34. The standard InChI is InChI=1S/C21H23ClF3NO9/c1-19(2,3)13-11-16-12(10-15(13)22)9-14(20(4,33-16)21(23,24)25)17(27)34-35-18(28)31-7-5-6-8-32-26(29)30/h9-11H,5-8H2,1-4H3. The number of alkyl halides is 3. The third-order valence-corrected chi connectivity index (χ3v) is 5.25. The molecule has 0 spiro atoms. The van der Waals surface area contributed by atoms with E-state index in [0.717, 1.165) is 6.08 Å². The van der Waals surface area contributed by atoms with Gasteiger partial charge < -0.3 is 14.3 Å². The van der Waals surface area contributed by atoms with Gasteiger partial charge in [0.25, 0.3) is 5.09 Å². The summed E-state index contributed by atoms with van der Waals surface area (Å²) in [5.74, 6) is -1.78. The zero-order valence-corrected chi connectivity index (χ0v) is 19.9. The van der Waals surface area contributed by atoms with Gasteiger partial charge in [-0.25, -0.2) is 14.6 Å². The Labute approximate surface area is 202 Å². The quantitative estimate of drug-likeness (QED) is 0.153. The van der Waals surface area contributed by atoms with E-state index in [9.17, 15) is 32.9 Å². The molecule has 35 heavy (non-hydrogen) atoms. The Morgan fingerprint density at radius 3 is 2.34 bits per heavy atom. The molecule has 0 saturated heterocycles. The van der Waals surface area contributed by atoms with Gasteiger partial charge in [0, 0.05) is 10.6 Å². The molecule has 0 saturated carbocycles. The van der Waals surface area contributed by atoms with Crippen LogP contribution in [0.5, 0.6) is 5.75 Å². The highest BCUT2D eigenvalue weighted by Crippen LogP contribution is 2.47. The van der Waals surface area contributed by atoms with Crippen LogP contribution in [0.3, 0.4) is 0 Å². The van der Waals surface area contributed by atoms with E-state index in [4.69, 9.17) is 16.3 Å². The average molecular weight is 526 g/mol. The minimum absolute atomic E-state index is 0.0937. The van der Waals surface area contributed by atoms with Crippen molar-refractivity contribution in [3.8, 4) is 5.75 Å². The van der Waals surface area contributed by atoms with Gasteiger partial charge in [-0.05, 0) is 49.0 Å². The Morgan fingerprint density at radius 2 is 1.77 bits per heavy atom. The molecule has 1 aromatic carbocycles. The van der Waals surface area contributed by atoms with Crippen molar-refractivity contribution in [3.63, 3.8) is 0 Å². The van der Waals surface area contributed by atoms with Crippen LogP contribution in [-0.4, -0.2) is 42.2 Å². The molecule has 0 radical (unpaired) electrons. The number of carbonyl (C=O) groups is 2. The van der Waals surface area contributed by atoms with Crippen LogP contribution in [-0.2, 0) is 29.6 Å². The van der Waals surface area contributed by atoms with Crippen LogP contribution in [0.4, 0.5) is 18.0 Å². The smallest absolute Gasteiger partial charge is 0.472 e. The summed E-state index contributed by atoms with van der Waals surface area (Å²) in [7, 11) is 0. The summed E-state index contributed by atoms with van der Waals surface area (Å²) < 4.78 is 51.7. The second kappa shape index (κ2) is 10.6. The first-order valence-corrected chi connectivity index (χ1v) is 10.6. The molecule has 1 atom stereocenters. The van der Waals surface area contributed by atoms with E-state index in [0.29, 0.717) is 12.5 Å². The van der Waals surface area contributed by atoms with Crippen molar-refractivity contribution in [1.82, 2.24) is 0 Å². The second-order valence-corrected chi connectivity index (χ2v) is 9.03. The van der Waals surface area contributed by atoms with Crippen molar-refractivity contribution < 1.29 is 51.9 Å². The number of halogens is 4. The number of benzene rings is 1. The lowest BCUT2D eigenvalue weighted by Crippen LogP contribution is -2.52. The van der Waals surface area contributed by atoms with Crippen molar-refractivity contribution in [2.45, 2.75) is 57.7 Å². The van der Waals surface area contributed by atoms with Crippen LogP contribution < -0.4 is 4.74 Å². The minimum atomic E-state index is -5.05. The van der Waals surface area contributed by atoms with Crippen LogP contribution >= 0.6 is 11.6 Å². The van der Waals surface area contributed by atoms with Gasteiger partial charge in [-0.1, -0.05) is 32.4 Å².